The number of thioether (sulfide) groups is 1. The van der Waals surface area contributed by atoms with Crippen LogP contribution in [0.4, 0.5) is 9.52 Å². The monoisotopic (exact) mass is 338 g/mol. The Balaban J connectivity index is 1.73. The summed E-state index contributed by atoms with van der Waals surface area (Å²) >= 11 is 2.99. The van der Waals surface area contributed by atoms with E-state index in [9.17, 15) is 14.3 Å². The van der Waals surface area contributed by atoms with Crippen molar-refractivity contribution < 1.29 is 14.3 Å². The molecule has 1 aliphatic heterocycles. The number of aromatic nitrogens is 1. The first kappa shape index (κ1) is 15.5. The summed E-state index contributed by atoms with van der Waals surface area (Å²) in [5.41, 5.74) is -0.0498. The Morgan fingerprint density at radius 1 is 1.36 bits per heavy atom. The summed E-state index contributed by atoms with van der Waals surface area (Å²) in [6, 6.07) is 6.14. The van der Waals surface area contributed by atoms with E-state index in [1.165, 1.54) is 23.5 Å². The lowest BCUT2D eigenvalue weighted by molar-refractivity contribution is -0.134. The molecule has 1 aromatic heterocycles. The maximum Gasteiger partial charge on any atom is 0.258 e. The molecular weight excluding hydrogens is 323 g/mol. The first-order chi connectivity index (χ1) is 10.6. The zero-order valence-corrected chi connectivity index (χ0v) is 13.3. The maximum absolute atomic E-state index is 13.2. The Labute approximate surface area is 135 Å². The fourth-order valence-corrected chi connectivity index (χ4v) is 4.14. The Morgan fingerprint density at radius 2 is 2.14 bits per heavy atom. The van der Waals surface area contributed by atoms with Gasteiger partial charge in [0.1, 0.15) is 11.4 Å². The lowest BCUT2D eigenvalue weighted by atomic mass is 9.96. The third-order valence-corrected chi connectivity index (χ3v) is 5.33. The van der Waals surface area contributed by atoms with Gasteiger partial charge in [-0.1, -0.05) is 12.1 Å². The molecule has 0 saturated carbocycles. The minimum absolute atomic E-state index is 0.329. The highest BCUT2D eigenvalue weighted by molar-refractivity contribution is 7.99. The van der Waals surface area contributed by atoms with Crippen LogP contribution in [0.5, 0.6) is 0 Å². The van der Waals surface area contributed by atoms with Gasteiger partial charge in [-0.15, -0.1) is 11.3 Å². The molecule has 0 aliphatic carbocycles. The molecule has 0 radical (unpaired) electrons. The molecule has 1 aliphatic rings. The molecule has 0 unspecified atom stereocenters. The minimum Gasteiger partial charge on any atom is -0.380 e. The second kappa shape index (κ2) is 6.36. The fourth-order valence-electron chi connectivity index (χ4n) is 2.26. The number of hydrogen-bond donors (Lipinski definition) is 2. The molecule has 2 heterocycles. The quantitative estimate of drug-likeness (QED) is 0.902. The number of rotatable bonds is 3. The summed E-state index contributed by atoms with van der Waals surface area (Å²) in [6.45, 7) is 0. The van der Waals surface area contributed by atoms with Gasteiger partial charge in [-0.25, -0.2) is 9.37 Å². The van der Waals surface area contributed by atoms with E-state index in [0.29, 0.717) is 29.2 Å². The van der Waals surface area contributed by atoms with E-state index in [0.717, 1.165) is 11.5 Å². The number of amides is 1. The first-order valence-electron chi connectivity index (χ1n) is 6.90. The van der Waals surface area contributed by atoms with Gasteiger partial charge in [0.2, 0.25) is 0 Å². The molecule has 0 atom stereocenters. The van der Waals surface area contributed by atoms with Crippen molar-refractivity contribution in [3.63, 3.8) is 0 Å². The van der Waals surface area contributed by atoms with Crippen molar-refractivity contribution >= 4 is 34.1 Å². The summed E-state index contributed by atoms with van der Waals surface area (Å²) in [6.07, 6.45) is 0.900. The van der Waals surface area contributed by atoms with Crippen LogP contribution in [0.15, 0.2) is 29.6 Å². The fraction of sp³-hybridized carbons (Fsp3) is 0.333. The second-order valence-corrected chi connectivity index (χ2v) is 7.23. The second-order valence-electron chi connectivity index (χ2n) is 5.15. The van der Waals surface area contributed by atoms with Crippen LogP contribution in [-0.2, 0) is 4.79 Å². The van der Waals surface area contributed by atoms with Crippen molar-refractivity contribution in [2.75, 3.05) is 16.8 Å². The highest BCUT2D eigenvalue weighted by Gasteiger charge is 2.37. The van der Waals surface area contributed by atoms with Crippen molar-refractivity contribution in [1.82, 2.24) is 4.98 Å². The largest absolute Gasteiger partial charge is 0.380 e. The topological polar surface area (TPSA) is 62.2 Å². The number of aliphatic hydroxyl groups is 1. The number of benzene rings is 1. The molecule has 2 aromatic rings. The number of thiazole rings is 1. The van der Waals surface area contributed by atoms with E-state index in [-0.39, 0.29) is 5.82 Å². The molecule has 3 rings (SSSR count). The number of halogens is 1. The molecule has 7 heteroatoms. The Bertz CT molecular complexity index is 684. The standard InChI is InChI=1S/C15H15FN2O2S2/c16-11-3-1-2-10(8-11)12-9-22-14(17-12)18-13(19)15(20)4-6-21-7-5-15/h1-3,8-9,20H,4-7H2,(H,17,18,19). The lowest BCUT2D eigenvalue weighted by Gasteiger charge is -2.29. The van der Waals surface area contributed by atoms with Gasteiger partial charge < -0.3 is 5.11 Å². The molecule has 1 fully saturated rings. The lowest BCUT2D eigenvalue weighted by Crippen LogP contribution is -2.45. The molecule has 1 aromatic carbocycles. The third-order valence-electron chi connectivity index (χ3n) is 3.59. The van der Waals surface area contributed by atoms with Gasteiger partial charge in [0.15, 0.2) is 5.13 Å². The highest BCUT2D eigenvalue weighted by atomic mass is 32.2. The van der Waals surface area contributed by atoms with E-state index in [1.807, 2.05) is 0 Å². The average Bonchev–Trinajstić information content (AvgIpc) is 2.96. The van der Waals surface area contributed by atoms with Gasteiger partial charge in [-0.2, -0.15) is 11.8 Å². The molecule has 116 valence electrons. The van der Waals surface area contributed by atoms with E-state index >= 15 is 0 Å². The number of carbonyl (C=O) groups excluding carboxylic acids is 1. The van der Waals surface area contributed by atoms with Crippen molar-refractivity contribution in [3.05, 3.63) is 35.5 Å². The third kappa shape index (κ3) is 3.31. The summed E-state index contributed by atoms with van der Waals surface area (Å²) in [5, 5.41) is 15.2. The molecule has 1 saturated heterocycles. The summed E-state index contributed by atoms with van der Waals surface area (Å²) in [7, 11) is 0. The molecular formula is C15H15FN2O2S2. The number of anilines is 1. The van der Waals surface area contributed by atoms with Crippen LogP contribution in [-0.4, -0.2) is 33.1 Å². The van der Waals surface area contributed by atoms with Gasteiger partial charge in [-0.05, 0) is 36.5 Å². The van der Waals surface area contributed by atoms with E-state index in [4.69, 9.17) is 0 Å². The average molecular weight is 338 g/mol. The van der Waals surface area contributed by atoms with Gasteiger partial charge in [0.05, 0.1) is 5.69 Å². The van der Waals surface area contributed by atoms with Gasteiger partial charge in [0, 0.05) is 10.9 Å². The van der Waals surface area contributed by atoms with Crippen LogP contribution >= 0.6 is 23.1 Å². The van der Waals surface area contributed by atoms with Gasteiger partial charge in [0.25, 0.3) is 5.91 Å². The predicted octanol–water partition coefficient (Wildman–Crippen LogP) is 3.15. The van der Waals surface area contributed by atoms with E-state index in [1.54, 1.807) is 29.3 Å². The Kier molecular flexibility index (Phi) is 4.46. The van der Waals surface area contributed by atoms with Crippen LogP contribution < -0.4 is 5.32 Å². The Morgan fingerprint density at radius 3 is 2.86 bits per heavy atom. The normalized spacial score (nSPS) is 17.2. The minimum atomic E-state index is -1.31. The van der Waals surface area contributed by atoms with Gasteiger partial charge in [-0.3, -0.25) is 10.1 Å². The number of carbonyl (C=O) groups is 1. The van der Waals surface area contributed by atoms with E-state index < -0.39 is 11.5 Å². The first-order valence-corrected chi connectivity index (χ1v) is 8.93. The zero-order chi connectivity index (χ0) is 15.6. The van der Waals surface area contributed by atoms with Crippen molar-refractivity contribution in [2.24, 2.45) is 0 Å². The Hall–Kier alpha value is -1.44. The maximum atomic E-state index is 13.2. The molecule has 0 spiro atoms. The van der Waals surface area contributed by atoms with Crippen molar-refractivity contribution in [3.8, 4) is 11.3 Å². The van der Waals surface area contributed by atoms with Crippen LogP contribution in [0.25, 0.3) is 11.3 Å². The summed E-state index contributed by atoms with van der Waals surface area (Å²) < 4.78 is 13.2. The number of nitrogens with one attached hydrogen (secondary N) is 1. The number of hydrogen-bond acceptors (Lipinski definition) is 5. The zero-order valence-electron chi connectivity index (χ0n) is 11.7. The molecule has 22 heavy (non-hydrogen) atoms. The molecule has 1 amide bonds. The summed E-state index contributed by atoms with van der Waals surface area (Å²) in [4.78, 5) is 16.5. The van der Waals surface area contributed by atoms with Crippen molar-refractivity contribution in [1.29, 1.82) is 0 Å². The number of nitrogens with zero attached hydrogens (tertiary/aromatic N) is 1. The predicted molar refractivity (Wildman–Crippen MR) is 87.6 cm³/mol. The SMILES string of the molecule is O=C(Nc1nc(-c2cccc(F)c2)cs1)C1(O)CCSCC1. The molecule has 0 bridgehead atoms. The van der Waals surface area contributed by atoms with Crippen molar-refractivity contribution in [2.45, 2.75) is 18.4 Å². The van der Waals surface area contributed by atoms with Crippen LogP contribution in [0.2, 0.25) is 0 Å². The van der Waals surface area contributed by atoms with Gasteiger partial charge >= 0.3 is 0 Å². The van der Waals surface area contributed by atoms with E-state index in [2.05, 4.69) is 10.3 Å². The van der Waals surface area contributed by atoms with Crippen LogP contribution in [0, 0.1) is 5.82 Å². The smallest absolute Gasteiger partial charge is 0.258 e. The van der Waals surface area contributed by atoms with Crippen LogP contribution in [0.1, 0.15) is 12.8 Å². The highest BCUT2D eigenvalue weighted by Crippen LogP contribution is 2.30. The summed E-state index contributed by atoms with van der Waals surface area (Å²) in [5.74, 6) is 0.810. The molecule has 4 nitrogen and oxygen atoms in total. The molecule has 2 N–H and O–H groups in total. The van der Waals surface area contributed by atoms with Crippen LogP contribution in [0.3, 0.4) is 0 Å².